The van der Waals surface area contributed by atoms with Crippen molar-refractivity contribution in [3.63, 3.8) is 0 Å². The fraction of sp³-hybridized carbons (Fsp3) is 0.500. The van der Waals surface area contributed by atoms with E-state index in [9.17, 15) is 26.3 Å². The SMILES string of the molecule is O=C(O)C(F)(F)F.O=C(O)C(F)(F)F.c1ccc(N2CCC3(COCCN(Cc4ccoc4)C3)C2)nc1. The molecule has 2 N–H and O–H groups in total. The van der Waals surface area contributed by atoms with Gasteiger partial charge < -0.3 is 24.3 Å². The van der Waals surface area contributed by atoms with E-state index in [1.54, 1.807) is 6.26 Å². The molecule has 4 rings (SSSR count). The first-order valence-electron chi connectivity index (χ1n) is 10.8. The molecule has 0 aromatic carbocycles. The summed E-state index contributed by atoms with van der Waals surface area (Å²) in [4.78, 5) is 27.2. The second-order valence-corrected chi connectivity index (χ2v) is 8.36. The summed E-state index contributed by atoms with van der Waals surface area (Å²) in [7, 11) is 0. The molecule has 1 spiro atoms. The smallest absolute Gasteiger partial charge is 0.475 e. The van der Waals surface area contributed by atoms with Gasteiger partial charge in [0, 0.05) is 49.9 Å². The molecule has 0 saturated carbocycles. The van der Waals surface area contributed by atoms with Gasteiger partial charge in [0.1, 0.15) is 5.82 Å². The summed E-state index contributed by atoms with van der Waals surface area (Å²) in [5.41, 5.74) is 1.44. The zero-order chi connectivity index (χ0) is 27.7. The number of nitrogens with zero attached hydrogens (tertiary/aromatic N) is 3. The predicted octanol–water partition coefficient (Wildman–Crippen LogP) is 3.67. The molecule has 2 aromatic rings. The van der Waals surface area contributed by atoms with E-state index < -0.39 is 24.3 Å². The van der Waals surface area contributed by atoms with Crippen LogP contribution in [0.25, 0.3) is 0 Å². The summed E-state index contributed by atoms with van der Waals surface area (Å²) in [5, 5.41) is 14.2. The summed E-state index contributed by atoms with van der Waals surface area (Å²) < 4.78 is 74.6. The Morgan fingerprint density at radius 1 is 1.00 bits per heavy atom. The number of aliphatic carboxylic acids is 2. The fourth-order valence-corrected chi connectivity index (χ4v) is 3.78. The first-order chi connectivity index (χ1) is 17.2. The van der Waals surface area contributed by atoms with Crippen LogP contribution in [0.4, 0.5) is 32.2 Å². The number of pyridine rings is 1. The highest BCUT2D eigenvalue weighted by Crippen LogP contribution is 2.35. The van der Waals surface area contributed by atoms with Crippen LogP contribution in [0.5, 0.6) is 0 Å². The monoisotopic (exact) mass is 541 g/mol. The number of hydrogen-bond donors (Lipinski definition) is 2. The second kappa shape index (κ2) is 12.8. The van der Waals surface area contributed by atoms with E-state index in [-0.39, 0.29) is 5.41 Å². The van der Waals surface area contributed by atoms with Gasteiger partial charge in [0.05, 0.1) is 25.7 Å². The number of carboxylic acids is 2. The van der Waals surface area contributed by atoms with Gasteiger partial charge in [-0.1, -0.05) is 6.07 Å². The maximum Gasteiger partial charge on any atom is 0.490 e. The molecule has 2 aromatic heterocycles. The largest absolute Gasteiger partial charge is 0.490 e. The van der Waals surface area contributed by atoms with Gasteiger partial charge in [-0.05, 0) is 24.6 Å². The standard InChI is InChI=1S/C18H23N3O2.2C2HF3O2/c1-2-6-19-17(3-1)21-7-5-18(14-21)13-20(8-10-23-15-18)11-16-4-9-22-12-16;2*3-2(4,5)1(6)7/h1-4,6,9,12H,5,7-8,10-11,13-15H2;2*(H,6,7). The lowest BCUT2D eigenvalue weighted by molar-refractivity contribution is -0.193. The van der Waals surface area contributed by atoms with E-state index in [0.29, 0.717) is 0 Å². The van der Waals surface area contributed by atoms with Crippen molar-refractivity contribution in [2.45, 2.75) is 25.3 Å². The highest BCUT2D eigenvalue weighted by molar-refractivity contribution is 5.73. The van der Waals surface area contributed by atoms with Gasteiger partial charge >= 0.3 is 24.3 Å². The van der Waals surface area contributed by atoms with Gasteiger partial charge in [0.15, 0.2) is 0 Å². The number of alkyl halides is 6. The van der Waals surface area contributed by atoms with Crippen LogP contribution in [0.15, 0.2) is 47.4 Å². The average Bonchev–Trinajstić information content (AvgIpc) is 3.42. The molecular weight excluding hydrogens is 516 g/mol. The van der Waals surface area contributed by atoms with Gasteiger partial charge in [-0.3, -0.25) is 4.90 Å². The normalized spacial score (nSPS) is 20.3. The first kappa shape index (κ1) is 29.9. The number of ether oxygens (including phenoxy) is 1. The maximum absolute atomic E-state index is 10.6. The summed E-state index contributed by atoms with van der Waals surface area (Å²) in [6.45, 7) is 6.72. The topological polar surface area (TPSA) is 116 Å². The molecule has 0 radical (unpaired) electrons. The third kappa shape index (κ3) is 9.92. The van der Waals surface area contributed by atoms with Crippen LogP contribution in [0.1, 0.15) is 12.0 Å². The number of furan rings is 1. The van der Waals surface area contributed by atoms with Crippen LogP contribution in [-0.2, 0) is 20.9 Å². The highest BCUT2D eigenvalue weighted by atomic mass is 19.4. The number of rotatable bonds is 3. The van der Waals surface area contributed by atoms with E-state index >= 15 is 0 Å². The van der Waals surface area contributed by atoms with Crippen molar-refractivity contribution < 1.29 is 55.3 Å². The molecule has 15 heteroatoms. The number of aromatic nitrogens is 1. The number of anilines is 1. The van der Waals surface area contributed by atoms with Gasteiger partial charge in [-0.2, -0.15) is 26.3 Å². The van der Waals surface area contributed by atoms with Crippen molar-refractivity contribution in [1.82, 2.24) is 9.88 Å². The number of carboxylic acid groups (broad SMARTS) is 2. The Labute approximate surface area is 207 Å². The zero-order valence-electron chi connectivity index (χ0n) is 19.3. The molecule has 0 aliphatic carbocycles. The molecule has 9 nitrogen and oxygen atoms in total. The summed E-state index contributed by atoms with van der Waals surface area (Å²) in [5.74, 6) is -4.44. The molecular formula is C22H25F6N3O6. The summed E-state index contributed by atoms with van der Waals surface area (Å²) in [6.07, 6.45) is -3.55. The van der Waals surface area contributed by atoms with Crippen LogP contribution in [-0.4, -0.2) is 83.8 Å². The Morgan fingerprint density at radius 2 is 1.65 bits per heavy atom. The van der Waals surface area contributed by atoms with Crippen molar-refractivity contribution in [3.05, 3.63) is 48.6 Å². The Hall–Kier alpha value is -3.33. The first-order valence-corrected chi connectivity index (χ1v) is 10.8. The zero-order valence-corrected chi connectivity index (χ0v) is 19.3. The highest BCUT2D eigenvalue weighted by Gasteiger charge is 2.42. The van der Waals surface area contributed by atoms with Crippen molar-refractivity contribution >= 4 is 17.8 Å². The van der Waals surface area contributed by atoms with Crippen molar-refractivity contribution in [2.24, 2.45) is 5.41 Å². The molecule has 0 amide bonds. The lowest BCUT2D eigenvalue weighted by Gasteiger charge is -2.31. The van der Waals surface area contributed by atoms with E-state index in [1.807, 2.05) is 24.6 Å². The molecule has 2 aliphatic rings. The van der Waals surface area contributed by atoms with Gasteiger partial charge in [-0.25, -0.2) is 14.6 Å². The molecule has 37 heavy (non-hydrogen) atoms. The number of halogens is 6. The lowest BCUT2D eigenvalue weighted by atomic mass is 9.87. The molecule has 4 heterocycles. The minimum atomic E-state index is -5.08. The number of hydrogen-bond acceptors (Lipinski definition) is 7. The van der Waals surface area contributed by atoms with Gasteiger partial charge in [0.25, 0.3) is 0 Å². The van der Waals surface area contributed by atoms with E-state index in [4.69, 9.17) is 29.0 Å². The second-order valence-electron chi connectivity index (χ2n) is 8.36. The quantitative estimate of drug-likeness (QED) is 0.562. The third-order valence-electron chi connectivity index (χ3n) is 5.40. The maximum atomic E-state index is 10.6. The van der Waals surface area contributed by atoms with E-state index in [2.05, 4.69) is 26.9 Å². The van der Waals surface area contributed by atoms with Crippen LogP contribution in [0.2, 0.25) is 0 Å². The molecule has 1 unspecified atom stereocenters. The summed E-state index contributed by atoms with van der Waals surface area (Å²) >= 11 is 0. The third-order valence-corrected chi connectivity index (χ3v) is 5.40. The Kier molecular flexibility index (Phi) is 10.3. The Balaban J connectivity index is 0.000000286. The fourth-order valence-electron chi connectivity index (χ4n) is 3.78. The van der Waals surface area contributed by atoms with Crippen LogP contribution >= 0.6 is 0 Å². The van der Waals surface area contributed by atoms with Gasteiger partial charge in [-0.15, -0.1) is 0 Å². The predicted molar refractivity (Wildman–Crippen MR) is 116 cm³/mol. The minimum absolute atomic E-state index is 0.206. The molecule has 2 aliphatic heterocycles. The van der Waals surface area contributed by atoms with Crippen LogP contribution in [0, 0.1) is 5.41 Å². The molecule has 2 fully saturated rings. The van der Waals surface area contributed by atoms with Crippen molar-refractivity contribution in [1.29, 1.82) is 0 Å². The molecule has 1 atom stereocenters. The molecule has 206 valence electrons. The van der Waals surface area contributed by atoms with Crippen LogP contribution in [0.3, 0.4) is 0 Å². The average molecular weight is 541 g/mol. The Morgan fingerprint density at radius 3 is 2.16 bits per heavy atom. The van der Waals surface area contributed by atoms with Crippen molar-refractivity contribution in [3.8, 4) is 0 Å². The van der Waals surface area contributed by atoms with Gasteiger partial charge in [0.2, 0.25) is 0 Å². The Bertz CT molecular complexity index is 963. The summed E-state index contributed by atoms with van der Waals surface area (Å²) in [6, 6.07) is 8.17. The lowest BCUT2D eigenvalue weighted by Crippen LogP contribution is -2.40. The van der Waals surface area contributed by atoms with E-state index in [1.165, 1.54) is 5.56 Å². The molecule has 0 bridgehead atoms. The van der Waals surface area contributed by atoms with Crippen LogP contribution < -0.4 is 4.90 Å². The van der Waals surface area contributed by atoms with E-state index in [0.717, 1.165) is 58.2 Å². The molecule has 2 saturated heterocycles. The number of carbonyl (C=O) groups is 2. The van der Waals surface area contributed by atoms with Crippen molar-refractivity contribution in [2.75, 3.05) is 44.3 Å². The minimum Gasteiger partial charge on any atom is -0.475 e.